The van der Waals surface area contributed by atoms with E-state index in [1.165, 1.54) is 289 Å². The van der Waals surface area contributed by atoms with Gasteiger partial charge in [-0.2, -0.15) is 0 Å². The second kappa shape index (κ2) is 74.5. The number of nitrogens with zero attached hydrogens (tertiary/aromatic N) is 1. The van der Waals surface area contributed by atoms with Crippen LogP contribution in [0, 0.1) is 0 Å². The van der Waals surface area contributed by atoms with E-state index in [4.69, 9.17) is 18.9 Å². The van der Waals surface area contributed by atoms with Gasteiger partial charge >= 0.3 is 11.9 Å². The molecular weight excluding hydrogens is 1150 g/mol. The number of hydrogen-bond acceptors (Lipinski definition) is 8. The molecule has 0 radical (unpaired) electrons. The van der Waals surface area contributed by atoms with Gasteiger partial charge in [0.25, 0.3) is 0 Å². The van der Waals surface area contributed by atoms with Gasteiger partial charge in [0.15, 0.2) is 12.4 Å². The van der Waals surface area contributed by atoms with E-state index in [1.807, 2.05) is 21.1 Å². The lowest BCUT2D eigenvalue weighted by Crippen LogP contribution is -2.44. The van der Waals surface area contributed by atoms with Crippen LogP contribution in [-0.4, -0.2) is 82.3 Å². The number of likely N-dealkylation sites (N-methyl/N-ethyl adjacent to an activating group) is 1. The van der Waals surface area contributed by atoms with Gasteiger partial charge in [-0.15, -0.1) is 0 Å². The SMILES string of the molecule is CC/C=C\C/C=C\C/C=C\C/C=C\C/C=C\CCCCCCCCCCCCCCCCCCCCCCCCCC(=O)OC(COC(=O)CCCCCCCCCCCCCCCCCCC/C=C\CCCCCCCCCC)COC(OCC[N+](C)(C)C)C(=O)[O-]. The summed E-state index contributed by atoms with van der Waals surface area (Å²) in [5.74, 6) is -2.25. The number of rotatable bonds is 75. The van der Waals surface area contributed by atoms with Gasteiger partial charge in [0, 0.05) is 12.8 Å². The molecule has 0 N–H and O–H groups in total. The average Bonchev–Trinajstić information content (AvgIpc) is 3.38. The molecule has 0 bridgehead atoms. The molecule has 0 aromatic carbocycles. The molecule has 0 aromatic rings. The van der Waals surface area contributed by atoms with Crippen LogP contribution in [0.25, 0.3) is 0 Å². The minimum atomic E-state index is -1.62. The number of carbonyl (C=O) groups excluding carboxylic acids is 3. The van der Waals surface area contributed by atoms with E-state index in [0.29, 0.717) is 17.4 Å². The maximum Gasteiger partial charge on any atom is 0.306 e. The minimum absolute atomic E-state index is 0.150. The van der Waals surface area contributed by atoms with E-state index in [1.54, 1.807) is 0 Å². The molecule has 93 heavy (non-hydrogen) atoms. The molecule has 0 heterocycles. The van der Waals surface area contributed by atoms with Crippen LogP contribution in [0.4, 0.5) is 0 Å². The Kier molecular flexibility index (Phi) is 71.9. The van der Waals surface area contributed by atoms with Crippen molar-refractivity contribution < 1.29 is 42.9 Å². The number of carboxylic acid groups (broad SMARTS) is 1. The molecule has 0 amide bonds. The maximum absolute atomic E-state index is 13.0. The largest absolute Gasteiger partial charge is 0.545 e. The number of unbranched alkanes of at least 4 members (excludes halogenated alkanes) is 48. The Balaban J connectivity index is 3.97. The molecule has 0 aliphatic rings. The summed E-state index contributed by atoms with van der Waals surface area (Å²) in [5.41, 5.74) is 0. The third kappa shape index (κ3) is 76.0. The number of carboxylic acids is 1. The standard InChI is InChI=1S/C84H153NO8/c1-6-8-10-12-14-16-18-20-22-24-26-28-30-32-34-36-37-38-39-40-41-42-43-44-45-47-49-51-53-55-57-59-61-63-65-67-69-71-73-75-82(87)93-80(79-92-84(83(88)89)90-77-76-85(3,4)5)78-91-81(86)74-72-70-68-66-64-62-60-58-56-54-52-50-48-46-35-33-31-29-27-25-23-21-19-17-15-13-11-9-7-2/h8,10,14,16,20,22,25-28,32,34,80,84H,6-7,9,11-13,15,17-19,21,23-24,29-31,33,35-79H2,1-5H3/b10-8-,16-14-,22-20-,27-25-,28-26-,34-32-. The van der Waals surface area contributed by atoms with Gasteiger partial charge in [-0.05, 0) is 83.5 Å². The first-order valence-corrected chi connectivity index (χ1v) is 40.1. The summed E-state index contributed by atoms with van der Waals surface area (Å²) in [7, 11) is 5.95. The summed E-state index contributed by atoms with van der Waals surface area (Å²) in [6, 6.07) is 0. The lowest BCUT2D eigenvalue weighted by atomic mass is 10.0. The zero-order chi connectivity index (χ0) is 67.5. The van der Waals surface area contributed by atoms with E-state index >= 15 is 0 Å². The predicted molar refractivity (Wildman–Crippen MR) is 398 cm³/mol. The van der Waals surface area contributed by atoms with E-state index < -0.39 is 24.3 Å². The van der Waals surface area contributed by atoms with Crippen molar-refractivity contribution in [3.05, 3.63) is 72.9 Å². The van der Waals surface area contributed by atoms with Crippen LogP contribution in [0.3, 0.4) is 0 Å². The van der Waals surface area contributed by atoms with Crippen molar-refractivity contribution in [1.82, 2.24) is 0 Å². The normalized spacial score (nSPS) is 13.0. The highest BCUT2D eigenvalue weighted by atomic mass is 16.7. The number of esters is 2. The molecule has 0 aliphatic heterocycles. The number of quaternary nitrogens is 1. The molecule has 2 unspecified atom stereocenters. The summed E-state index contributed by atoms with van der Waals surface area (Å²) in [6.45, 7) is 4.70. The maximum atomic E-state index is 13.0. The molecule has 0 fully saturated rings. The van der Waals surface area contributed by atoms with E-state index in [2.05, 4.69) is 86.8 Å². The Morgan fingerprint density at radius 2 is 0.613 bits per heavy atom. The zero-order valence-electron chi connectivity index (χ0n) is 62.1. The molecule has 0 spiro atoms. The van der Waals surface area contributed by atoms with Crippen molar-refractivity contribution in [2.45, 2.75) is 399 Å². The van der Waals surface area contributed by atoms with Gasteiger partial charge in [0.2, 0.25) is 0 Å². The third-order valence-electron chi connectivity index (χ3n) is 17.9. The van der Waals surface area contributed by atoms with Crippen molar-refractivity contribution >= 4 is 17.9 Å². The van der Waals surface area contributed by atoms with Crippen LogP contribution < -0.4 is 5.11 Å². The first-order valence-electron chi connectivity index (χ1n) is 40.1. The van der Waals surface area contributed by atoms with Crippen LogP contribution in [0.2, 0.25) is 0 Å². The van der Waals surface area contributed by atoms with Gasteiger partial charge < -0.3 is 33.3 Å². The molecule has 0 rings (SSSR count). The predicted octanol–water partition coefficient (Wildman–Crippen LogP) is 24.3. The lowest BCUT2D eigenvalue weighted by molar-refractivity contribution is -0.870. The molecule has 9 nitrogen and oxygen atoms in total. The van der Waals surface area contributed by atoms with E-state index in [9.17, 15) is 19.5 Å². The second-order valence-electron chi connectivity index (χ2n) is 28.3. The summed E-state index contributed by atoms with van der Waals surface area (Å²) in [6.07, 6.45) is 97.4. The van der Waals surface area contributed by atoms with Crippen LogP contribution in [0.5, 0.6) is 0 Å². The van der Waals surface area contributed by atoms with Crippen molar-refractivity contribution in [2.75, 3.05) is 47.5 Å². The highest BCUT2D eigenvalue weighted by Crippen LogP contribution is 2.19. The lowest BCUT2D eigenvalue weighted by Gasteiger charge is -2.26. The molecule has 9 heteroatoms. The topological polar surface area (TPSA) is 111 Å². The number of allylic oxidation sites excluding steroid dienone is 12. The molecule has 0 saturated carbocycles. The Bertz CT molecular complexity index is 1760. The zero-order valence-corrected chi connectivity index (χ0v) is 62.1. The van der Waals surface area contributed by atoms with Crippen LogP contribution >= 0.6 is 0 Å². The first-order chi connectivity index (χ1) is 45.6. The minimum Gasteiger partial charge on any atom is -0.545 e. The molecular formula is C84H153NO8. The highest BCUT2D eigenvalue weighted by molar-refractivity contribution is 5.70. The first kappa shape index (κ1) is 89.7. The number of carbonyl (C=O) groups is 3. The van der Waals surface area contributed by atoms with Crippen LogP contribution in [-0.2, 0) is 33.3 Å². The Labute approximate surface area is 577 Å². The Morgan fingerprint density at radius 3 is 0.925 bits per heavy atom. The van der Waals surface area contributed by atoms with E-state index in [-0.39, 0.29) is 32.2 Å². The number of hydrogen-bond donors (Lipinski definition) is 0. The van der Waals surface area contributed by atoms with Gasteiger partial charge in [0.05, 0.1) is 40.3 Å². The Morgan fingerprint density at radius 1 is 0.333 bits per heavy atom. The molecule has 0 saturated heterocycles. The molecule has 542 valence electrons. The Hall–Kier alpha value is -3.27. The van der Waals surface area contributed by atoms with E-state index in [0.717, 1.165) is 70.6 Å². The van der Waals surface area contributed by atoms with Gasteiger partial charge in [-0.25, -0.2) is 0 Å². The fraction of sp³-hybridized carbons (Fsp3) is 0.821. The average molecular weight is 1310 g/mol. The second-order valence-corrected chi connectivity index (χ2v) is 28.3. The van der Waals surface area contributed by atoms with Crippen molar-refractivity contribution in [3.63, 3.8) is 0 Å². The summed E-state index contributed by atoms with van der Waals surface area (Å²) in [4.78, 5) is 37.6. The summed E-state index contributed by atoms with van der Waals surface area (Å²) in [5, 5.41) is 11.9. The number of aliphatic carboxylic acids is 1. The summed E-state index contributed by atoms with van der Waals surface area (Å²) >= 11 is 0. The van der Waals surface area contributed by atoms with Crippen molar-refractivity contribution in [3.8, 4) is 0 Å². The fourth-order valence-corrected chi connectivity index (χ4v) is 11.9. The number of ether oxygens (including phenoxy) is 4. The van der Waals surface area contributed by atoms with Gasteiger partial charge in [-0.3, -0.25) is 9.59 Å². The van der Waals surface area contributed by atoms with Crippen LogP contribution in [0.15, 0.2) is 72.9 Å². The quantitative estimate of drug-likeness (QED) is 0.0195. The molecule has 0 aliphatic carbocycles. The third-order valence-corrected chi connectivity index (χ3v) is 17.9. The van der Waals surface area contributed by atoms with Crippen molar-refractivity contribution in [1.29, 1.82) is 0 Å². The van der Waals surface area contributed by atoms with Gasteiger partial charge in [0.1, 0.15) is 13.2 Å². The van der Waals surface area contributed by atoms with Gasteiger partial charge in [-0.1, -0.05) is 363 Å². The highest BCUT2D eigenvalue weighted by Gasteiger charge is 2.22. The molecule has 0 aromatic heterocycles. The molecule has 2 atom stereocenters. The smallest absolute Gasteiger partial charge is 0.306 e. The summed E-state index contributed by atoms with van der Waals surface area (Å²) < 4.78 is 22.9. The van der Waals surface area contributed by atoms with Crippen LogP contribution in [0.1, 0.15) is 386 Å². The fourth-order valence-electron chi connectivity index (χ4n) is 11.9. The van der Waals surface area contributed by atoms with Crippen molar-refractivity contribution in [2.24, 2.45) is 0 Å². The monoisotopic (exact) mass is 1300 g/mol.